The third kappa shape index (κ3) is 3.45. The molecule has 112 valence electrons. The van der Waals surface area contributed by atoms with Crippen molar-refractivity contribution in [3.63, 3.8) is 0 Å². The molecule has 0 fully saturated rings. The molecule has 4 rings (SSSR count). The quantitative estimate of drug-likeness (QED) is 0.374. The molecule has 3 heterocycles. The average molecular weight is 467 g/mol. The second-order valence-electron chi connectivity index (χ2n) is 5.24. The van der Waals surface area contributed by atoms with Crippen LogP contribution in [0.4, 0.5) is 11.5 Å². The number of nitrogens with zero attached hydrogens (tertiary/aromatic N) is 1. The standard InChI is InChI=1S/C14H14N2.C4H3ISe/c1-9-7-8-12-10(2)11-5-3-4-6-13(11)16-14(12)15-9;5-4-2-1-3-6-4/h3-8,10H,1-2H3,(H,15,16);1-3H. The Hall–Kier alpha value is -1.10. The summed E-state index contributed by atoms with van der Waals surface area (Å²) in [5.41, 5.74) is 4.86. The van der Waals surface area contributed by atoms with Crippen molar-refractivity contribution in [2.75, 3.05) is 5.32 Å². The van der Waals surface area contributed by atoms with Gasteiger partial charge in [0.05, 0.1) is 0 Å². The van der Waals surface area contributed by atoms with Crippen LogP contribution in [0.15, 0.2) is 53.5 Å². The van der Waals surface area contributed by atoms with Crippen molar-refractivity contribution in [1.82, 2.24) is 4.98 Å². The summed E-state index contributed by atoms with van der Waals surface area (Å²) in [6, 6.07) is 16.9. The first-order chi connectivity index (χ1) is 10.6. The Kier molecular flexibility index (Phi) is 5.01. The Morgan fingerprint density at radius 3 is 2.55 bits per heavy atom. The summed E-state index contributed by atoms with van der Waals surface area (Å²) in [7, 11) is 0. The van der Waals surface area contributed by atoms with E-state index in [4.69, 9.17) is 0 Å². The fourth-order valence-corrected chi connectivity index (χ4v) is 4.46. The maximum atomic E-state index is 4.55. The Labute approximate surface area is 150 Å². The molecule has 0 aliphatic carbocycles. The summed E-state index contributed by atoms with van der Waals surface area (Å²) in [6.45, 7) is 4.25. The zero-order chi connectivity index (χ0) is 15.5. The molecule has 22 heavy (non-hydrogen) atoms. The molecule has 0 bridgehead atoms. The topological polar surface area (TPSA) is 24.9 Å². The number of hydrogen-bond acceptors (Lipinski definition) is 2. The second kappa shape index (κ2) is 6.99. The first-order valence-corrected chi connectivity index (χ1v) is 10.1. The molecule has 1 atom stereocenters. The molecule has 1 aliphatic heterocycles. The molecule has 0 spiro atoms. The van der Waals surface area contributed by atoms with Gasteiger partial charge in [0.15, 0.2) is 0 Å². The van der Waals surface area contributed by atoms with Crippen LogP contribution in [0.3, 0.4) is 0 Å². The van der Waals surface area contributed by atoms with Crippen LogP contribution in [0, 0.1) is 9.37 Å². The van der Waals surface area contributed by atoms with Crippen LogP contribution in [0.2, 0.25) is 0 Å². The Morgan fingerprint density at radius 2 is 1.86 bits per heavy atom. The molecule has 0 saturated carbocycles. The van der Waals surface area contributed by atoms with Crippen LogP contribution < -0.4 is 5.32 Å². The SMILES string of the molecule is Cc1ccc2c(n1)Nc1ccccc1C2C.Ic1ccc[se]1. The van der Waals surface area contributed by atoms with E-state index in [2.05, 4.69) is 93.3 Å². The Balaban J connectivity index is 0.000000202. The van der Waals surface area contributed by atoms with E-state index in [0.717, 1.165) is 11.5 Å². The molecule has 1 N–H and O–H groups in total. The Bertz CT molecular complexity index is 769. The first-order valence-electron chi connectivity index (χ1n) is 7.17. The van der Waals surface area contributed by atoms with Crippen molar-refractivity contribution in [3.8, 4) is 0 Å². The zero-order valence-corrected chi connectivity index (χ0v) is 16.4. The number of hydrogen-bond donors (Lipinski definition) is 1. The van der Waals surface area contributed by atoms with Crippen molar-refractivity contribution in [2.45, 2.75) is 19.8 Å². The molecule has 1 unspecified atom stereocenters. The van der Waals surface area contributed by atoms with Crippen LogP contribution in [0.1, 0.15) is 29.7 Å². The molecule has 0 amide bonds. The number of rotatable bonds is 0. The summed E-state index contributed by atoms with van der Waals surface area (Å²) in [6.07, 6.45) is 0. The predicted molar refractivity (Wildman–Crippen MR) is 102 cm³/mol. The molecule has 2 aromatic heterocycles. The maximum absolute atomic E-state index is 4.55. The fraction of sp³-hybridized carbons (Fsp3) is 0.167. The second-order valence-corrected chi connectivity index (χ2v) is 10.0. The number of halogens is 1. The van der Waals surface area contributed by atoms with Crippen LogP contribution in [0.5, 0.6) is 0 Å². The number of benzene rings is 1. The third-order valence-corrected chi connectivity index (χ3v) is 6.75. The number of nitrogens with one attached hydrogen (secondary N) is 1. The summed E-state index contributed by atoms with van der Waals surface area (Å²) < 4.78 is 1.50. The van der Waals surface area contributed by atoms with Gasteiger partial charge in [-0.2, -0.15) is 0 Å². The van der Waals surface area contributed by atoms with Crippen LogP contribution in [0.25, 0.3) is 0 Å². The van der Waals surface area contributed by atoms with Gasteiger partial charge in [0.2, 0.25) is 0 Å². The van der Waals surface area contributed by atoms with Crippen molar-refractivity contribution < 1.29 is 0 Å². The number of fused-ring (bicyclic) bond motifs is 2. The number of aromatic nitrogens is 1. The third-order valence-electron chi connectivity index (χ3n) is 3.70. The van der Waals surface area contributed by atoms with Crippen molar-refractivity contribution in [1.29, 1.82) is 0 Å². The van der Waals surface area contributed by atoms with Gasteiger partial charge in [-0.25, -0.2) is 4.98 Å². The molecular formula is C18H17IN2Se. The molecule has 3 aromatic rings. The molecule has 4 heteroatoms. The first kappa shape index (κ1) is 15.8. The van der Waals surface area contributed by atoms with E-state index < -0.39 is 0 Å². The monoisotopic (exact) mass is 468 g/mol. The number of pyridine rings is 1. The summed E-state index contributed by atoms with van der Waals surface area (Å²) in [4.78, 5) is 6.77. The van der Waals surface area contributed by atoms with Gasteiger partial charge in [0.1, 0.15) is 5.82 Å². The van der Waals surface area contributed by atoms with Gasteiger partial charge in [0, 0.05) is 22.9 Å². The summed E-state index contributed by atoms with van der Waals surface area (Å²) in [5.74, 6) is 1.42. The van der Waals surface area contributed by atoms with E-state index in [1.54, 1.807) is 0 Å². The van der Waals surface area contributed by atoms with Crippen LogP contribution in [-0.4, -0.2) is 19.5 Å². The normalized spacial score (nSPS) is 15.0. The van der Waals surface area contributed by atoms with Crippen LogP contribution in [-0.2, 0) is 0 Å². The van der Waals surface area contributed by atoms with Gasteiger partial charge in [-0.05, 0) is 24.6 Å². The molecule has 2 nitrogen and oxygen atoms in total. The number of para-hydroxylation sites is 1. The molecule has 1 aliphatic rings. The van der Waals surface area contributed by atoms with E-state index in [9.17, 15) is 0 Å². The van der Waals surface area contributed by atoms with Gasteiger partial charge in [-0.1, -0.05) is 31.2 Å². The summed E-state index contributed by atoms with van der Waals surface area (Å²) in [5, 5.41) is 3.40. The Morgan fingerprint density at radius 1 is 1.05 bits per heavy atom. The van der Waals surface area contributed by atoms with Gasteiger partial charge in [-0.3, -0.25) is 0 Å². The van der Waals surface area contributed by atoms with Crippen molar-refractivity contribution in [3.05, 3.63) is 72.7 Å². The van der Waals surface area contributed by atoms with Gasteiger partial charge in [-0.15, -0.1) is 0 Å². The molecule has 0 radical (unpaired) electrons. The van der Waals surface area contributed by atoms with E-state index in [1.165, 1.54) is 19.3 Å². The van der Waals surface area contributed by atoms with Crippen molar-refractivity contribution in [2.24, 2.45) is 0 Å². The van der Waals surface area contributed by atoms with E-state index in [1.807, 2.05) is 6.92 Å². The minimum atomic E-state index is 0.417. The van der Waals surface area contributed by atoms with Gasteiger partial charge >= 0.3 is 56.6 Å². The van der Waals surface area contributed by atoms with E-state index in [-0.39, 0.29) is 0 Å². The van der Waals surface area contributed by atoms with Crippen LogP contribution >= 0.6 is 22.6 Å². The fourth-order valence-electron chi connectivity index (χ4n) is 2.56. The summed E-state index contributed by atoms with van der Waals surface area (Å²) >= 11 is 3.05. The van der Waals surface area contributed by atoms with Gasteiger partial charge in [0.25, 0.3) is 0 Å². The number of anilines is 2. The van der Waals surface area contributed by atoms with Crippen molar-refractivity contribution >= 4 is 48.6 Å². The molecule has 1 aromatic carbocycles. The molecular weight excluding hydrogens is 450 g/mol. The minimum absolute atomic E-state index is 0.417. The zero-order valence-electron chi connectivity index (χ0n) is 12.5. The average Bonchev–Trinajstić information content (AvgIpc) is 2.99. The van der Waals surface area contributed by atoms with E-state index >= 15 is 0 Å². The van der Waals surface area contributed by atoms with Gasteiger partial charge < -0.3 is 5.32 Å². The van der Waals surface area contributed by atoms with E-state index in [0.29, 0.717) is 20.4 Å². The number of aryl methyl sites for hydroxylation is 1. The predicted octanol–water partition coefficient (Wildman–Crippen LogP) is 4.95. The molecule has 0 saturated heterocycles.